The maximum Gasteiger partial charge on any atom is 0.240 e. The molecule has 2 bridgehead atoms. The first-order valence-corrected chi connectivity index (χ1v) is 11.8. The van der Waals surface area contributed by atoms with Crippen LogP contribution in [0.1, 0.15) is 59.8 Å². The summed E-state index contributed by atoms with van der Waals surface area (Å²) >= 11 is 13.4. The zero-order valence-corrected chi connectivity index (χ0v) is 19.8. The molecule has 5 atom stereocenters. The lowest BCUT2D eigenvalue weighted by Crippen LogP contribution is -2.58. The van der Waals surface area contributed by atoms with E-state index in [1.807, 2.05) is 13.8 Å². The SMILES string of the molecule is C=C/C(Cl)=C(/SNC(C)(C)C(=O)NC1C(C)CC2CC(CC)CC1C2)C(=C)Cl. The van der Waals surface area contributed by atoms with Crippen LogP contribution < -0.4 is 10.0 Å². The summed E-state index contributed by atoms with van der Waals surface area (Å²) in [5, 5.41) is 4.09. The van der Waals surface area contributed by atoms with Gasteiger partial charge in [-0.1, -0.05) is 56.6 Å². The van der Waals surface area contributed by atoms with Gasteiger partial charge in [-0.25, -0.2) is 4.72 Å². The summed E-state index contributed by atoms with van der Waals surface area (Å²) in [5.41, 5.74) is -0.782. The van der Waals surface area contributed by atoms with Crippen LogP contribution in [-0.2, 0) is 4.79 Å². The fraction of sp³-hybridized carbons (Fsp3) is 0.682. The van der Waals surface area contributed by atoms with Gasteiger partial charge in [-0.15, -0.1) is 0 Å². The Hall–Kier alpha value is -0.420. The van der Waals surface area contributed by atoms with Crippen molar-refractivity contribution < 1.29 is 4.79 Å². The Labute approximate surface area is 184 Å². The van der Waals surface area contributed by atoms with Crippen LogP contribution in [0.3, 0.4) is 0 Å². The number of carbonyl (C=O) groups excluding carboxylic acids is 1. The lowest BCUT2D eigenvalue weighted by molar-refractivity contribution is -0.128. The van der Waals surface area contributed by atoms with Crippen LogP contribution in [0, 0.1) is 23.7 Å². The van der Waals surface area contributed by atoms with Crippen LogP contribution in [0.15, 0.2) is 34.2 Å². The highest BCUT2D eigenvalue weighted by atomic mass is 35.5. The van der Waals surface area contributed by atoms with Crippen LogP contribution in [0.5, 0.6) is 0 Å². The topological polar surface area (TPSA) is 41.1 Å². The van der Waals surface area contributed by atoms with Gasteiger partial charge in [-0.05, 0) is 81.2 Å². The van der Waals surface area contributed by atoms with Crippen LogP contribution in [0.4, 0.5) is 0 Å². The average Bonchev–Trinajstić information content (AvgIpc) is 2.63. The van der Waals surface area contributed by atoms with Crippen molar-refractivity contribution in [1.82, 2.24) is 10.0 Å². The molecule has 0 heterocycles. The van der Waals surface area contributed by atoms with Gasteiger partial charge in [0.05, 0.1) is 9.94 Å². The predicted molar refractivity (Wildman–Crippen MR) is 123 cm³/mol. The van der Waals surface area contributed by atoms with Crippen LogP contribution in [0.25, 0.3) is 0 Å². The van der Waals surface area contributed by atoms with Gasteiger partial charge < -0.3 is 5.32 Å². The van der Waals surface area contributed by atoms with Crippen molar-refractivity contribution in [3.8, 4) is 0 Å². The van der Waals surface area contributed by atoms with E-state index in [0.717, 1.165) is 11.8 Å². The molecule has 0 aliphatic heterocycles. The van der Waals surface area contributed by atoms with Crippen LogP contribution in [-0.4, -0.2) is 17.5 Å². The van der Waals surface area contributed by atoms with Crippen molar-refractivity contribution in [3.63, 3.8) is 0 Å². The first kappa shape index (κ1) is 23.9. The van der Waals surface area contributed by atoms with Crippen molar-refractivity contribution in [2.75, 3.05) is 0 Å². The molecular formula is C22H34Cl2N2OS. The monoisotopic (exact) mass is 444 g/mol. The van der Waals surface area contributed by atoms with E-state index in [2.05, 4.69) is 37.0 Å². The minimum absolute atomic E-state index is 0.00295. The Morgan fingerprint density at radius 1 is 1.25 bits per heavy atom. The van der Waals surface area contributed by atoms with Crippen molar-refractivity contribution >= 4 is 41.1 Å². The lowest BCUT2D eigenvalue weighted by Gasteiger charge is -2.47. The molecule has 5 unspecified atom stereocenters. The molecule has 0 aromatic carbocycles. The van der Waals surface area contributed by atoms with E-state index in [-0.39, 0.29) is 11.9 Å². The Bertz CT molecular complexity index is 644. The third-order valence-corrected chi connectivity index (χ3v) is 8.30. The second-order valence-electron chi connectivity index (χ2n) is 8.93. The number of fused-ring (bicyclic) bond motifs is 2. The van der Waals surface area contributed by atoms with Crippen molar-refractivity contribution in [2.24, 2.45) is 23.7 Å². The molecule has 2 aliphatic rings. The van der Waals surface area contributed by atoms with Gasteiger partial charge in [0.15, 0.2) is 0 Å². The molecule has 6 heteroatoms. The number of nitrogens with one attached hydrogen (secondary N) is 2. The highest BCUT2D eigenvalue weighted by Crippen LogP contribution is 2.46. The normalized spacial score (nSPS) is 31.0. The van der Waals surface area contributed by atoms with E-state index in [4.69, 9.17) is 23.2 Å². The van der Waals surface area contributed by atoms with Gasteiger partial charge in [0.1, 0.15) is 5.54 Å². The molecule has 0 radical (unpaired) electrons. The predicted octanol–water partition coefficient (Wildman–Crippen LogP) is 6.36. The Balaban J connectivity index is 2.03. The lowest BCUT2D eigenvalue weighted by atomic mass is 9.62. The maximum atomic E-state index is 13.1. The zero-order chi connectivity index (χ0) is 21.1. The molecule has 2 rings (SSSR count). The standard InChI is InChI=1S/C22H34Cl2N2OS/c1-7-15-10-16-9-13(3)19(17(11-15)12-16)25-21(27)22(5,6)26-28-20(14(4)23)18(24)8-2/h8,13,15-17,19,26H,2,4,7,9-12H2,1,3,5-6H3,(H,25,27)/b20-18-. The number of carbonyl (C=O) groups is 1. The molecular weight excluding hydrogens is 411 g/mol. The van der Waals surface area contributed by atoms with E-state index in [9.17, 15) is 4.79 Å². The molecule has 3 nitrogen and oxygen atoms in total. The minimum atomic E-state index is -0.782. The quantitative estimate of drug-likeness (QED) is 0.337. The summed E-state index contributed by atoms with van der Waals surface area (Å²) in [5.74, 6) is 2.75. The largest absolute Gasteiger partial charge is 0.351 e. The van der Waals surface area contributed by atoms with Gasteiger partial charge >= 0.3 is 0 Å². The molecule has 0 aromatic rings. The molecule has 0 saturated heterocycles. The number of halogens is 2. The molecule has 158 valence electrons. The summed E-state index contributed by atoms with van der Waals surface area (Å²) in [6.45, 7) is 15.7. The smallest absolute Gasteiger partial charge is 0.240 e. The second-order valence-corrected chi connectivity index (χ2v) is 10.6. The number of rotatable bonds is 8. The van der Waals surface area contributed by atoms with Crippen LogP contribution in [0.2, 0.25) is 0 Å². The first-order chi connectivity index (χ1) is 13.1. The van der Waals surface area contributed by atoms with E-state index >= 15 is 0 Å². The molecule has 2 fully saturated rings. The van der Waals surface area contributed by atoms with Crippen molar-refractivity contribution in [3.05, 3.63) is 34.2 Å². The summed E-state index contributed by atoms with van der Waals surface area (Å²) in [6.07, 6.45) is 7.82. The van der Waals surface area contributed by atoms with Crippen LogP contribution >= 0.6 is 35.1 Å². The van der Waals surface area contributed by atoms with E-state index < -0.39 is 5.54 Å². The van der Waals surface area contributed by atoms with E-state index in [1.165, 1.54) is 50.1 Å². The minimum Gasteiger partial charge on any atom is -0.351 e. The fourth-order valence-electron chi connectivity index (χ4n) is 4.72. The van der Waals surface area contributed by atoms with E-state index in [1.54, 1.807) is 0 Å². The third-order valence-electron chi connectivity index (χ3n) is 6.26. The van der Waals surface area contributed by atoms with Crippen molar-refractivity contribution in [2.45, 2.75) is 71.4 Å². The molecule has 2 saturated carbocycles. The first-order valence-electron chi connectivity index (χ1n) is 10.2. The number of allylic oxidation sites excluding steroid dienone is 3. The molecule has 2 N–H and O–H groups in total. The third kappa shape index (κ3) is 5.81. The summed E-state index contributed by atoms with van der Waals surface area (Å²) in [6, 6.07) is 0.249. The second kappa shape index (κ2) is 10.1. The Kier molecular flexibility index (Phi) is 8.57. The number of hydrogen-bond donors (Lipinski definition) is 2. The molecule has 1 amide bonds. The highest BCUT2D eigenvalue weighted by Gasteiger charge is 2.42. The van der Waals surface area contributed by atoms with Crippen molar-refractivity contribution in [1.29, 1.82) is 0 Å². The summed E-state index contributed by atoms with van der Waals surface area (Å²) in [7, 11) is 0. The van der Waals surface area contributed by atoms with Gasteiger partial charge in [0.2, 0.25) is 5.91 Å². The zero-order valence-electron chi connectivity index (χ0n) is 17.5. The molecule has 28 heavy (non-hydrogen) atoms. The van der Waals surface area contributed by atoms with Gasteiger partial charge in [-0.3, -0.25) is 4.79 Å². The molecule has 0 spiro atoms. The maximum absolute atomic E-state index is 13.1. The van der Waals surface area contributed by atoms with Gasteiger partial charge in [0, 0.05) is 11.1 Å². The number of amides is 1. The Morgan fingerprint density at radius 2 is 1.93 bits per heavy atom. The highest BCUT2D eigenvalue weighted by molar-refractivity contribution is 8.01. The molecule has 2 aliphatic carbocycles. The Morgan fingerprint density at radius 3 is 2.50 bits per heavy atom. The summed E-state index contributed by atoms with van der Waals surface area (Å²) < 4.78 is 3.20. The fourth-order valence-corrected chi connectivity index (χ4v) is 5.95. The van der Waals surface area contributed by atoms with Gasteiger partial charge in [0.25, 0.3) is 0 Å². The average molecular weight is 446 g/mol. The molecule has 0 aromatic heterocycles. The summed E-state index contributed by atoms with van der Waals surface area (Å²) in [4.78, 5) is 13.7. The van der Waals surface area contributed by atoms with Gasteiger partial charge in [-0.2, -0.15) is 0 Å². The van der Waals surface area contributed by atoms with E-state index in [0.29, 0.717) is 26.8 Å². The number of hydrogen-bond acceptors (Lipinski definition) is 3.